The van der Waals surface area contributed by atoms with Gasteiger partial charge in [-0.2, -0.15) is 0 Å². The molecule has 0 radical (unpaired) electrons. The van der Waals surface area contributed by atoms with Crippen LogP contribution in [0, 0.1) is 0 Å². The van der Waals surface area contributed by atoms with Crippen LogP contribution in [0.4, 0.5) is 0 Å². The van der Waals surface area contributed by atoms with Crippen LogP contribution in [0.1, 0.15) is 39.1 Å². The number of benzene rings is 2. The predicted molar refractivity (Wildman–Crippen MR) is 111 cm³/mol. The number of carbonyl (C=O) groups excluding carboxylic acids is 2. The first kappa shape index (κ1) is 19.6. The van der Waals surface area contributed by atoms with E-state index in [2.05, 4.69) is 27.8 Å². The molecule has 2 aromatic rings. The van der Waals surface area contributed by atoms with E-state index in [0.29, 0.717) is 17.7 Å². The molecule has 1 aliphatic rings. The lowest BCUT2D eigenvalue weighted by atomic mass is 10.1. The molecule has 0 atom stereocenters. The third kappa shape index (κ3) is 4.76. The molecule has 0 bridgehead atoms. The largest absolute Gasteiger partial charge is 0.356 e. The maximum absolute atomic E-state index is 12.3. The van der Waals surface area contributed by atoms with E-state index < -0.39 is 0 Å². The Morgan fingerprint density at radius 2 is 1.46 bits per heavy atom. The molecule has 0 spiro atoms. The van der Waals surface area contributed by atoms with Crippen molar-refractivity contribution < 1.29 is 9.59 Å². The van der Waals surface area contributed by atoms with E-state index in [1.807, 2.05) is 18.2 Å². The van der Waals surface area contributed by atoms with Crippen LogP contribution in [-0.4, -0.2) is 49.4 Å². The summed E-state index contributed by atoms with van der Waals surface area (Å²) >= 11 is 0. The Bertz CT molecular complexity index is 814. The molecule has 2 amide bonds. The number of unbranched alkanes of at least 4 members (excludes halogenated alkanes) is 1. The topological polar surface area (TPSA) is 73.8 Å². The number of amides is 2. The second-order valence-electron chi connectivity index (χ2n) is 6.68. The quantitative estimate of drug-likeness (QED) is 0.320. The number of fused-ring (bicyclic) bond motifs is 1. The zero-order valence-electron chi connectivity index (χ0n) is 16.1. The van der Waals surface area contributed by atoms with Crippen molar-refractivity contribution in [2.75, 3.05) is 26.7 Å². The standard InChI is InChI=1S/C22H26N4O2/c1-23-22(25-15-13-17-9-3-2-4-10-17)24-14-7-8-16-26-20(27)18-11-5-6-12-19(18)21(26)28/h2-6,9-12H,7-8,13-16H2,1H3,(H2,23,24,25). The van der Waals surface area contributed by atoms with Gasteiger partial charge in [0.2, 0.25) is 0 Å². The van der Waals surface area contributed by atoms with Crippen LogP contribution in [0.2, 0.25) is 0 Å². The summed E-state index contributed by atoms with van der Waals surface area (Å²) in [4.78, 5) is 30.2. The number of rotatable bonds is 8. The third-order valence-corrected chi connectivity index (χ3v) is 4.75. The van der Waals surface area contributed by atoms with E-state index in [1.165, 1.54) is 10.5 Å². The van der Waals surface area contributed by atoms with E-state index in [1.54, 1.807) is 31.3 Å². The average Bonchev–Trinajstić information content (AvgIpc) is 2.98. The second-order valence-corrected chi connectivity index (χ2v) is 6.68. The summed E-state index contributed by atoms with van der Waals surface area (Å²) in [6.07, 6.45) is 2.52. The molecule has 0 saturated carbocycles. The van der Waals surface area contributed by atoms with Gasteiger partial charge in [0.05, 0.1) is 11.1 Å². The summed E-state index contributed by atoms with van der Waals surface area (Å²) in [5.74, 6) is 0.385. The monoisotopic (exact) mass is 378 g/mol. The molecule has 0 unspecified atom stereocenters. The van der Waals surface area contributed by atoms with Gasteiger partial charge < -0.3 is 10.6 Å². The minimum atomic E-state index is -0.188. The van der Waals surface area contributed by atoms with Gasteiger partial charge >= 0.3 is 0 Å². The zero-order valence-corrected chi connectivity index (χ0v) is 16.1. The number of carbonyl (C=O) groups is 2. The van der Waals surface area contributed by atoms with Crippen molar-refractivity contribution in [1.82, 2.24) is 15.5 Å². The normalized spacial score (nSPS) is 13.6. The van der Waals surface area contributed by atoms with Crippen molar-refractivity contribution in [2.24, 2.45) is 4.99 Å². The fourth-order valence-electron chi connectivity index (χ4n) is 3.23. The highest BCUT2D eigenvalue weighted by Crippen LogP contribution is 2.22. The molecule has 3 rings (SSSR count). The Morgan fingerprint density at radius 3 is 2.11 bits per heavy atom. The van der Waals surface area contributed by atoms with Gasteiger partial charge in [0, 0.05) is 26.7 Å². The minimum absolute atomic E-state index is 0.188. The molecule has 2 N–H and O–H groups in total. The molecule has 28 heavy (non-hydrogen) atoms. The Hall–Kier alpha value is -3.15. The van der Waals surface area contributed by atoms with Crippen LogP contribution in [0.3, 0.4) is 0 Å². The second kappa shape index (κ2) is 9.69. The van der Waals surface area contributed by atoms with Crippen LogP contribution in [0.15, 0.2) is 59.6 Å². The van der Waals surface area contributed by atoms with Crippen LogP contribution in [0.5, 0.6) is 0 Å². The smallest absolute Gasteiger partial charge is 0.261 e. The predicted octanol–water partition coefficient (Wildman–Crippen LogP) is 2.47. The Morgan fingerprint density at radius 1 is 0.857 bits per heavy atom. The van der Waals surface area contributed by atoms with Crippen molar-refractivity contribution in [3.05, 3.63) is 71.3 Å². The lowest BCUT2D eigenvalue weighted by Gasteiger charge is -2.15. The van der Waals surface area contributed by atoms with E-state index in [-0.39, 0.29) is 11.8 Å². The van der Waals surface area contributed by atoms with Crippen LogP contribution in [0.25, 0.3) is 0 Å². The van der Waals surface area contributed by atoms with Crippen molar-refractivity contribution in [1.29, 1.82) is 0 Å². The van der Waals surface area contributed by atoms with E-state index in [0.717, 1.165) is 38.3 Å². The molecule has 0 aromatic heterocycles. The molecule has 0 saturated heterocycles. The number of nitrogens with zero attached hydrogens (tertiary/aromatic N) is 2. The number of imide groups is 1. The summed E-state index contributed by atoms with van der Waals surface area (Å²) in [5, 5.41) is 6.57. The van der Waals surface area contributed by atoms with Crippen molar-refractivity contribution in [3.8, 4) is 0 Å². The van der Waals surface area contributed by atoms with Crippen LogP contribution < -0.4 is 10.6 Å². The summed E-state index contributed by atoms with van der Waals surface area (Å²) in [6.45, 7) is 1.97. The van der Waals surface area contributed by atoms with Gasteiger partial charge in [-0.3, -0.25) is 19.5 Å². The van der Waals surface area contributed by atoms with Gasteiger partial charge in [-0.15, -0.1) is 0 Å². The van der Waals surface area contributed by atoms with E-state index in [4.69, 9.17) is 0 Å². The molecule has 2 aromatic carbocycles. The van der Waals surface area contributed by atoms with E-state index >= 15 is 0 Å². The maximum atomic E-state index is 12.3. The first-order chi connectivity index (χ1) is 13.7. The Balaban J connectivity index is 1.34. The highest BCUT2D eigenvalue weighted by molar-refractivity contribution is 6.21. The lowest BCUT2D eigenvalue weighted by Crippen LogP contribution is -2.39. The highest BCUT2D eigenvalue weighted by atomic mass is 16.2. The summed E-state index contributed by atoms with van der Waals surface area (Å²) < 4.78 is 0. The first-order valence-corrected chi connectivity index (χ1v) is 9.64. The number of nitrogens with one attached hydrogen (secondary N) is 2. The molecule has 6 heteroatoms. The van der Waals surface area contributed by atoms with Gasteiger partial charge in [0.25, 0.3) is 11.8 Å². The highest BCUT2D eigenvalue weighted by Gasteiger charge is 2.34. The SMILES string of the molecule is CN=C(NCCCCN1C(=O)c2ccccc2C1=O)NCCc1ccccc1. The Kier molecular flexibility index (Phi) is 6.78. The first-order valence-electron chi connectivity index (χ1n) is 9.64. The Labute approximate surface area is 165 Å². The molecular formula is C22H26N4O2. The number of hydrogen-bond acceptors (Lipinski definition) is 3. The van der Waals surface area contributed by atoms with Gasteiger partial charge in [0.1, 0.15) is 0 Å². The fraction of sp³-hybridized carbons (Fsp3) is 0.318. The molecular weight excluding hydrogens is 352 g/mol. The number of hydrogen-bond donors (Lipinski definition) is 2. The lowest BCUT2D eigenvalue weighted by molar-refractivity contribution is 0.0652. The van der Waals surface area contributed by atoms with Crippen LogP contribution >= 0.6 is 0 Å². The number of guanidine groups is 1. The van der Waals surface area contributed by atoms with Gasteiger partial charge in [-0.05, 0) is 37.0 Å². The average molecular weight is 378 g/mol. The molecule has 0 aliphatic carbocycles. The summed E-state index contributed by atoms with van der Waals surface area (Å²) in [6, 6.07) is 17.3. The van der Waals surface area contributed by atoms with Gasteiger partial charge in [-0.1, -0.05) is 42.5 Å². The van der Waals surface area contributed by atoms with Gasteiger partial charge in [-0.25, -0.2) is 0 Å². The maximum Gasteiger partial charge on any atom is 0.261 e. The zero-order chi connectivity index (χ0) is 19.8. The molecule has 1 heterocycles. The number of aliphatic imine (C=N–C) groups is 1. The summed E-state index contributed by atoms with van der Waals surface area (Å²) in [5.41, 5.74) is 2.30. The van der Waals surface area contributed by atoms with E-state index in [9.17, 15) is 9.59 Å². The van der Waals surface area contributed by atoms with Crippen LogP contribution in [-0.2, 0) is 6.42 Å². The van der Waals surface area contributed by atoms with Crippen molar-refractivity contribution in [2.45, 2.75) is 19.3 Å². The minimum Gasteiger partial charge on any atom is -0.356 e. The molecule has 146 valence electrons. The third-order valence-electron chi connectivity index (χ3n) is 4.75. The van der Waals surface area contributed by atoms with Crippen molar-refractivity contribution >= 4 is 17.8 Å². The molecule has 1 aliphatic heterocycles. The summed E-state index contributed by atoms with van der Waals surface area (Å²) in [7, 11) is 1.75. The van der Waals surface area contributed by atoms with Crippen molar-refractivity contribution in [3.63, 3.8) is 0 Å². The molecule has 6 nitrogen and oxygen atoms in total. The molecule has 0 fully saturated rings. The fourth-order valence-corrected chi connectivity index (χ4v) is 3.23. The van der Waals surface area contributed by atoms with Gasteiger partial charge in [0.15, 0.2) is 5.96 Å².